The van der Waals surface area contributed by atoms with Gasteiger partial charge in [-0.1, -0.05) is 52.5 Å². The van der Waals surface area contributed by atoms with Crippen LogP contribution in [0.25, 0.3) is 10.6 Å². The summed E-state index contributed by atoms with van der Waals surface area (Å²) in [5.41, 5.74) is 7.68. The molecule has 0 unspecified atom stereocenters. The highest BCUT2D eigenvalue weighted by molar-refractivity contribution is 8.01. The number of carboxylic acid groups (broad SMARTS) is 2. The summed E-state index contributed by atoms with van der Waals surface area (Å²) < 4.78 is 5.59. The van der Waals surface area contributed by atoms with Crippen molar-refractivity contribution in [3.8, 4) is 22.1 Å². The molecule has 1 saturated heterocycles. The van der Waals surface area contributed by atoms with Gasteiger partial charge in [-0.25, -0.2) is 9.78 Å². The number of hydrogen-bond donors (Lipinski definition) is 6. The number of aromatic nitrogens is 3. The number of fused-ring (bicyclic) bond motifs is 1. The van der Waals surface area contributed by atoms with Crippen molar-refractivity contribution in [3.63, 3.8) is 0 Å². The van der Waals surface area contributed by atoms with Gasteiger partial charge in [0.2, 0.25) is 5.88 Å². The molecule has 2 aromatic heterocycles. The Labute approximate surface area is 303 Å². The lowest BCUT2D eigenvalue weighted by atomic mass is 10.1. The van der Waals surface area contributed by atoms with Crippen molar-refractivity contribution >= 4 is 81.0 Å². The smallest absolute Gasteiger partial charge is 0.504 e. The number of rotatable bonds is 13. The van der Waals surface area contributed by atoms with Crippen molar-refractivity contribution in [2.45, 2.75) is 28.8 Å². The Morgan fingerprint density at radius 2 is 1.88 bits per heavy atom. The first-order valence-electron chi connectivity index (χ1n) is 14.6. The van der Waals surface area contributed by atoms with Crippen LogP contribution in [-0.4, -0.2) is 93.1 Å². The van der Waals surface area contributed by atoms with Crippen molar-refractivity contribution in [1.29, 1.82) is 0 Å². The van der Waals surface area contributed by atoms with Crippen LogP contribution in [0.2, 0.25) is 0 Å². The molecule has 4 aromatic rings. The number of nitrogens with two attached hydrogens (primary N) is 1. The maximum atomic E-state index is 13.5. The minimum Gasteiger partial charge on any atom is -0.504 e. The molecule has 17 nitrogen and oxygen atoms in total. The van der Waals surface area contributed by atoms with Crippen molar-refractivity contribution < 1.29 is 49.2 Å². The molecule has 4 heterocycles. The quantitative estimate of drug-likeness (QED) is 0.0284. The van der Waals surface area contributed by atoms with Crippen LogP contribution in [0.15, 0.2) is 68.8 Å². The number of thiazole rings is 1. The lowest BCUT2D eigenvalue weighted by molar-refractivity contribution is -0.148. The van der Waals surface area contributed by atoms with E-state index in [1.165, 1.54) is 57.3 Å². The van der Waals surface area contributed by atoms with E-state index in [0.717, 1.165) is 11.3 Å². The molecule has 1 fully saturated rings. The van der Waals surface area contributed by atoms with E-state index in [2.05, 4.69) is 25.7 Å². The lowest BCUT2D eigenvalue weighted by Crippen LogP contribution is -2.70. The van der Waals surface area contributed by atoms with Crippen LogP contribution in [0.3, 0.4) is 0 Å². The van der Waals surface area contributed by atoms with E-state index in [-0.39, 0.29) is 58.5 Å². The van der Waals surface area contributed by atoms with Gasteiger partial charge in [0.1, 0.15) is 28.7 Å². The molecule has 264 valence electrons. The van der Waals surface area contributed by atoms with Crippen LogP contribution in [0, 0.1) is 0 Å². The molecular formula is C30H25N7O10S4. The zero-order valence-corrected chi connectivity index (χ0v) is 29.1. The van der Waals surface area contributed by atoms with Crippen molar-refractivity contribution in [2.24, 2.45) is 5.16 Å². The molecule has 0 radical (unpaired) electrons. The molecule has 0 spiro atoms. The molecule has 2 aliphatic heterocycles. The van der Waals surface area contributed by atoms with Crippen LogP contribution in [0.1, 0.15) is 16.8 Å². The summed E-state index contributed by atoms with van der Waals surface area (Å²) in [5, 5.41) is 54.4. The fourth-order valence-corrected chi connectivity index (χ4v) is 8.75. The maximum Gasteiger partial charge on any atom is 0.512 e. The molecular weight excluding hydrogens is 747 g/mol. The number of phenols is 2. The van der Waals surface area contributed by atoms with Gasteiger partial charge in [-0.05, 0) is 29.3 Å². The monoisotopic (exact) mass is 771 g/mol. The minimum absolute atomic E-state index is 0.0879. The Balaban J connectivity index is 1.15. The first-order valence-corrected chi connectivity index (χ1v) is 18.3. The van der Waals surface area contributed by atoms with Crippen LogP contribution in [0.5, 0.6) is 11.5 Å². The summed E-state index contributed by atoms with van der Waals surface area (Å²) in [6.45, 7) is -0.158. The van der Waals surface area contributed by atoms with Crippen LogP contribution < -0.4 is 11.1 Å². The van der Waals surface area contributed by atoms with E-state index in [1.54, 1.807) is 30.3 Å². The molecule has 0 bridgehead atoms. The Hall–Kier alpha value is -5.38. The number of phenolic OH excluding ortho intramolecular Hbond substituents is 2. The number of carbonyl (C=O) groups excluding carboxylic acids is 2. The standard InChI is InChI=1S/C30H25N7O10S4/c31-28-32-17(12-49-28)21(36-46-9-15-4-2-1-3-13(15)8-20(40)41)23(42)33-22-25(43)37-26(47-30(44)45)16(10-48-27(22)37)11-50-29-35-34-24(51-29)14-5-6-18(38)19(39)7-14/h1-7,12,22,27,38-39H,8-11H2,(H2,31,32)(H,33,42)(H,40,41)(H,44,45)/t22-,27+/m1/s1. The second-order valence-corrected chi connectivity index (χ2v) is 14.8. The maximum absolute atomic E-state index is 13.5. The van der Waals surface area contributed by atoms with Gasteiger partial charge < -0.3 is 41.1 Å². The van der Waals surface area contributed by atoms with E-state index < -0.39 is 35.4 Å². The Morgan fingerprint density at radius 3 is 2.59 bits per heavy atom. The van der Waals surface area contributed by atoms with E-state index in [0.29, 0.717) is 31.6 Å². The number of nitrogens with one attached hydrogen (secondary N) is 1. The Kier molecular flexibility index (Phi) is 10.6. The summed E-state index contributed by atoms with van der Waals surface area (Å²) in [6.07, 6.45) is -1.86. The van der Waals surface area contributed by atoms with Gasteiger partial charge in [0.25, 0.3) is 11.8 Å². The summed E-state index contributed by atoms with van der Waals surface area (Å²) >= 11 is 4.80. The molecule has 0 aliphatic carbocycles. The highest BCUT2D eigenvalue weighted by atomic mass is 32.2. The molecule has 2 amide bonds. The summed E-state index contributed by atoms with van der Waals surface area (Å²) in [7, 11) is 0. The van der Waals surface area contributed by atoms with Crippen molar-refractivity contribution in [3.05, 3.63) is 76.1 Å². The number of aromatic hydroxyl groups is 2. The minimum atomic E-state index is -1.62. The molecule has 2 aromatic carbocycles. The number of nitrogens with zero attached hydrogens (tertiary/aromatic N) is 5. The van der Waals surface area contributed by atoms with Gasteiger partial charge in [0.15, 0.2) is 26.7 Å². The first-order chi connectivity index (χ1) is 24.5. The SMILES string of the molecule is Nc1nc(C(=NOCc2ccccc2CC(=O)O)C(=O)N[C@@H]2C(=O)N3C(OC(=O)O)=C(CSc4nnc(-c5ccc(O)c(O)c5)s4)CS[C@@H]23)cs1. The van der Waals surface area contributed by atoms with E-state index in [4.69, 9.17) is 15.3 Å². The number of amides is 2. The molecule has 21 heteroatoms. The number of thioether (sulfide) groups is 2. The van der Waals surface area contributed by atoms with Gasteiger partial charge in [-0.2, -0.15) is 0 Å². The second-order valence-electron chi connectivity index (χ2n) is 10.6. The summed E-state index contributed by atoms with van der Waals surface area (Å²) in [6, 6.07) is 9.89. The van der Waals surface area contributed by atoms with Gasteiger partial charge in [-0.15, -0.1) is 33.3 Å². The number of benzene rings is 2. The average Bonchev–Trinajstić information content (AvgIpc) is 3.75. The highest BCUT2D eigenvalue weighted by Gasteiger charge is 2.54. The Bertz CT molecular complexity index is 2080. The zero-order chi connectivity index (χ0) is 36.2. The van der Waals surface area contributed by atoms with E-state index in [1.807, 2.05) is 0 Å². The fourth-order valence-electron chi connectivity index (χ4n) is 4.91. The van der Waals surface area contributed by atoms with Crippen LogP contribution >= 0.6 is 46.2 Å². The zero-order valence-electron chi connectivity index (χ0n) is 25.8. The van der Waals surface area contributed by atoms with Gasteiger partial charge in [0.05, 0.1) is 6.42 Å². The number of β-lactam (4-membered cyclic amide) rings is 1. The number of carbonyl (C=O) groups is 4. The summed E-state index contributed by atoms with van der Waals surface area (Å²) in [5.74, 6) is -2.73. The topological polar surface area (TPSA) is 260 Å². The number of hydrogen-bond acceptors (Lipinski definition) is 17. The van der Waals surface area contributed by atoms with E-state index in [9.17, 15) is 39.6 Å². The molecule has 2 aliphatic rings. The largest absolute Gasteiger partial charge is 0.512 e. The Morgan fingerprint density at radius 1 is 1.10 bits per heavy atom. The number of ether oxygens (including phenoxy) is 1. The van der Waals surface area contributed by atoms with Crippen molar-refractivity contribution in [1.82, 2.24) is 25.4 Å². The molecule has 2 atom stereocenters. The van der Waals surface area contributed by atoms with Crippen LogP contribution in [0.4, 0.5) is 9.93 Å². The first kappa shape index (κ1) is 35.4. The molecule has 51 heavy (non-hydrogen) atoms. The predicted molar refractivity (Wildman–Crippen MR) is 186 cm³/mol. The van der Waals surface area contributed by atoms with E-state index >= 15 is 0 Å². The molecule has 0 saturated carbocycles. The van der Waals surface area contributed by atoms with Gasteiger partial charge in [0, 0.05) is 28.0 Å². The van der Waals surface area contributed by atoms with Gasteiger partial charge in [-0.3, -0.25) is 19.3 Å². The number of carboxylic acids is 1. The predicted octanol–water partition coefficient (Wildman–Crippen LogP) is 3.30. The van der Waals surface area contributed by atoms with Gasteiger partial charge >= 0.3 is 12.1 Å². The molecule has 6 rings (SSSR count). The molecule has 7 N–H and O–H groups in total. The number of nitrogen functional groups attached to an aromatic ring is 1. The second kappa shape index (κ2) is 15.2. The third-order valence-corrected chi connectivity index (χ3v) is 11.5. The number of aliphatic carboxylic acids is 1. The highest BCUT2D eigenvalue weighted by Crippen LogP contribution is 2.43. The number of oxime groups is 1. The normalized spacial score (nSPS) is 17.1. The third-order valence-electron chi connectivity index (χ3n) is 7.28. The average molecular weight is 772 g/mol. The number of anilines is 1. The van der Waals surface area contributed by atoms with Crippen LogP contribution in [-0.2, 0) is 37.0 Å². The summed E-state index contributed by atoms with van der Waals surface area (Å²) in [4.78, 5) is 60.6. The third kappa shape index (κ3) is 8.01. The fraction of sp³-hybridized carbons (Fsp3) is 0.200. The lowest BCUT2D eigenvalue weighted by Gasteiger charge is -2.49. The van der Waals surface area contributed by atoms with Crippen molar-refractivity contribution in [2.75, 3.05) is 17.2 Å².